The summed E-state index contributed by atoms with van der Waals surface area (Å²) < 4.78 is 0. The average Bonchev–Trinajstić information content (AvgIpc) is 2.87. The molecule has 2 aromatic heterocycles. The standard InChI is InChI=1S/C10H13N3S2/c1-2-3-11-4-8-5-13-10(15-8)9-6-12-7-14-9/h5-7,11H,2-4H2,1H3. The van der Waals surface area contributed by atoms with Gasteiger partial charge in [0.05, 0.1) is 10.4 Å². The smallest absolute Gasteiger partial charge is 0.135 e. The normalized spacial score (nSPS) is 10.7. The van der Waals surface area contributed by atoms with Crippen molar-refractivity contribution >= 4 is 22.7 Å². The maximum atomic E-state index is 4.39. The van der Waals surface area contributed by atoms with Crippen LogP contribution in [-0.2, 0) is 6.54 Å². The molecule has 0 radical (unpaired) electrons. The van der Waals surface area contributed by atoms with Gasteiger partial charge in [-0.25, -0.2) is 4.98 Å². The van der Waals surface area contributed by atoms with E-state index in [1.54, 1.807) is 22.7 Å². The van der Waals surface area contributed by atoms with Gasteiger partial charge in [-0.3, -0.25) is 4.98 Å². The number of rotatable bonds is 5. The highest BCUT2D eigenvalue weighted by Crippen LogP contribution is 2.27. The summed E-state index contributed by atoms with van der Waals surface area (Å²) in [6, 6.07) is 0. The number of thiazole rings is 2. The van der Waals surface area contributed by atoms with Gasteiger partial charge in [0.25, 0.3) is 0 Å². The molecule has 0 fully saturated rings. The number of nitrogens with zero attached hydrogens (tertiary/aromatic N) is 2. The van der Waals surface area contributed by atoms with Crippen LogP contribution in [-0.4, -0.2) is 16.5 Å². The van der Waals surface area contributed by atoms with Crippen LogP contribution in [0.15, 0.2) is 17.9 Å². The van der Waals surface area contributed by atoms with E-state index in [9.17, 15) is 0 Å². The Balaban J connectivity index is 1.98. The summed E-state index contributed by atoms with van der Waals surface area (Å²) in [5, 5.41) is 4.44. The van der Waals surface area contributed by atoms with Gasteiger partial charge < -0.3 is 5.32 Å². The van der Waals surface area contributed by atoms with Crippen molar-refractivity contribution in [3.63, 3.8) is 0 Å². The minimum Gasteiger partial charge on any atom is -0.312 e. The Labute approximate surface area is 97.2 Å². The van der Waals surface area contributed by atoms with Crippen LogP contribution in [0.4, 0.5) is 0 Å². The third kappa shape index (κ3) is 2.84. The highest BCUT2D eigenvalue weighted by atomic mass is 32.1. The van der Waals surface area contributed by atoms with Gasteiger partial charge in [0.1, 0.15) is 5.01 Å². The van der Waals surface area contributed by atoms with Gasteiger partial charge in [-0.1, -0.05) is 6.92 Å². The van der Waals surface area contributed by atoms with Crippen LogP contribution in [0.1, 0.15) is 18.2 Å². The Morgan fingerprint density at radius 1 is 1.40 bits per heavy atom. The molecule has 0 aliphatic rings. The summed E-state index contributed by atoms with van der Waals surface area (Å²) in [6.07, 6.45) is 4.98. The van der Waals surface area contributed by atoms with E-state index >= 15 is 0 Å². The second-order valence-electron chi connectivity index (χ2n) is 3.17. The molecule has 0 aliphatic heterocycles. The molecule has 3 nitrogen and oxygen atoms in total. The largest absolute Gasteiger partial charge is 0.312 e. The van der Waals surface area contributed by atoms with Crippen molar-refractivity contribution in [3.8, 4) is 9.88 Å². The van der Waals surface area contributed by atoms with E-state index in [-0.39, 0.29) is 0 Å². The average molecular weight is 239 g/mol. The van der Waals surface area contributed by atoms with Crippen molar-refractivity contribution in [2.75, 3.05) is 6.54 Å². The molecule has 80 valence electrons. The molecule has 0 atom stereocenters. The molecule has 0 amide bonds. The van der Waals surface area contributed by atoms with Crippen molar-refractivity contribution < 1.29 is 0 Å². The van der Waals surface area contributed by atoms with Crippen LogP contribution in [0, 0.1) is 0 Å². The Hall–Kier alpha value is -0.780. The van der Waals surface area contributed by atoms with Gasteiger partial charge >= 0.3 is 0 Å². The molecule has 2 rings (SSSR count). The van der Waals surface area contributed by atoms with Gasteiger partial charge in [0.15, 0.2) is 0 Å². The van der Waals surface area contributed by atoms with Gasteiger partial charge in [-0.2, -0.15) is 0 Å². The van der Waals surface area contributed by atoms with Crippen LogP contribution >= 0.6 is 22.7 Å². The van der Waals surface area contributed by atoms with Crippen LogP contribution in [0.3, 0.4) is 0 Å². The fourth-order valence-electron chi connectivity index (χ4n) is 1.21. The minimum atomic E-state index is 0.921. The van der Waals surface area contributed by atoms with E-state index in [0.717, 1.165) is 23.0 Å². The molecule has 0 aliphatic carbocycles. The fourth-order valence-corrected chi connectivity index (χ4v) is 2.78. The van der Waals surface area contributed by atoms with E-state index < -0.39 is 0 Å². The minimum absolute atomic E-state index is 0.921. The summed E-state index contributed by atoms with van der Waals surface area (Å²) in [7, 11) is 0. The van der Waals surface area contributed by atoms with Crippen molar-refractivity contribution in [2.24, 2.45) is 0 Å². The summed E-state index contributed by atoms with van der Waals surface area (Å²) in [6.45, 7) is 4.15. The molecule has 2 aromatic rings. The predicted molar refractivity (Wildman–Crippen MR) is 65.2 cm³/mol. The second kappa shape index (κ2) is 5.34. The van der Waals surface area contributed by atoms with Crippen molar-refractivity contribution in [2.45, 2.75) is 19.9 Å². The van der Waals surface area contributed by atoms with E-state index in [1.807, 2.05) is 17.9 Å². The lowest BCUT2D eigenvalue weighted by molar-refractivity contribution is 0.681. The summed E-state index contributed by atoms with van der Waals surface area (Å²) in [5.74, 6) is 0. The van der Waals surface area contributed by atoms with Crippen molar-refractivity contribution in [3.05, 3.63) is 22.8 Å². The lowest BCUT2D eigenvalue weighted by Crippen LogP contribution is -2.12. The van der Waals surface area contributed by atoms with E-state index in [1.165, 1.54) is 11.3 Å². The van der Waals surface area contributed by atoms with Crippen LogP contribution in [0.25, 0.3) is 9.88 Å². The fraction of sp³-hybridized carbons (Fsp3) is 0.400. The first-order valence-electron chi connectivity index (χ1n) is 4.94. The molecular formula is C10H13N3S2. The van der Waals surface area contributed by atoms with E-state index in [2.05, 4.69) is 22.2 Å². The molecule has 0 bridgehead atoms. The summed E-state index contributed by atoms with van der Waals surface area (Å²) >= 11 is 3.37. The van der Waals surface area contributed by atoms with Crippen molar-refractivity contribution in [1.29, 1.82) is 0 Å². The number of hydrogen-bond donors (Lipinski definition) is 1. The number of nitrogens with one attached hydrogen (secondary N) is 1. The van der Waals surface area contributed by atoms with Crippen LogP contribution < -0.4 is 5.32 Å². The molecular weight excluding hydrogens is 226 g/mol. The Morgan fingerprint density at radius 3 is 3.07 bits per heavy atom. The molecule has 0 saturated heterocycles. The zero-order valence-corrected chi connectivity index (χ0v) is 10.2. The topological polar surface area (TPSA) is 37.8 Å². The molecule has 0 unspecified atom stereocenters. The van der Waals surface area contributed by atoms with Crippen LogP contribution in [0.2, 0.25) is 0 Å². The summed E-state index contributed by atoms with van der Waals surface area (Å²) in [5.41, 5.74) is 1.84. The monoisotopic (exact) mass is 239 g/mol. The first-order chi connectivity index (χ1) is 7.40. The van der Waals surface area contributed by atoms with Gasteiger partial charge in [0, 0.05) is 23.8 Å². The van der Waals surface area contributed by atoms with Crippen LogP contribution in [0.5, 0.6) is 0 Å². The molecule has 2 heterocycles. The van der Waals surface area contributed by atoms with Gasteiger partial charge in [-0.05, 0) is 13.0 Å². The molecule has 0 saturated carbocycles. The summed E-state index contributed by atoms with van der Waals surface area (Å²) in [4.78, 5) is 10.9. The molecule has 1 N–H and O–H groups in total. The Bertz CT molecular complexity index is 394. The predicted octanol–water partition coefficient (Wildman–Crippen LogP) is 2.77. The first kappa shape index (κ1) is 10.7. The highest BCUT2D eigenvalue weighted by molar-refractivity contribution is 7.20. The first-order valence-corrected chi connectivity index (χ1v) is 6.64. The van der Waals surface area contributed by atoms with E-state index in [0.29, 0.717) is 0 Å². The second-order valence-corrected chi connectivity index (χ2v) is 5.18. The molecule has 0 spiro atoms. The van der Waals surface area contributed by atoms with Gasteiger partial charge in [-0.15, -0.1) is 22.7 Å². The SMILES string of the molecule is CCCNCc1cnc(-c2cncs2)s1. The lowest BCUT2D eigenvalue weighted by Gasteiger charge is -1.97. The number of aromatic nitrogens is 2. The maximum absolute atomic E-state index is 4.39. The zero-order valence-electron chi connectivity index (χ0n) is 8.56. The molecule has 0 aromatic carbocycles. The van der Waals surface area contributed by atoms with Crippen molar-refractivity contribution in [1.82, 2.24) is 15.3 Å². The number of hydrogen-bond acceptors (Lipinski definition) is 5. The quantitative estimate of drug-likeness (QED) is 0.815. The van der Waals surface area contributed by atoms with E-state index in [4.69, 9.17) is 0 Å². The zero-order chi connectivity index (χ0) is 10.5. The third-order valence-electron chi connectivity index (χ3n) is 1.92. The third-order valence-corrected chi connectivity index (χ3v) is 3.86. The maximum Gasteiger partial charge on any atom is 0.135 e. The lowest BCUT2D eigenvalue weighted by atomic mass is 10.4. The molecule has 5 heteroatoms. The molecule has 15 heavy (non-hydrogen) atoms. The Kier molecular flexibility index (Phi) is 3.82. The highest BCUT2D eigenvalue weighted by Gasteiger charge is 2.05. The Morgan fingerprint density at radius 2 is 2.33 bits per heavy atom. The van der Waals surface area contributed by atoms with Gasteiger partial charge in [0.2, 0.25) is 0 Å².